The van der Waals surface area contributed by atoms with E-state index in [4.69, 9.17) is 4.74 Å². The summed E-state index contributed by atoms with van der Waals surface area (Å²) >= 11 is 0. The number of hydrogen-bond acceptors (Lipinski definition) is 4. The van der Waals surface area contributed by atoms with Crippen LogP contribution in [0.1, 0.15) is 41.7 Å². The average molecular weight is 559 g/mol. The minimum Gasteiger partial charge on any atom is -0.490 e. The van der Waals surface area contributed by atoms with Gasteiger partial charge in [0.25, 0.3) is 5.91 Å². The first-order valence-corrected chi connectivity index (χ1v) is 12.1. The Balaban J connectivity index is 0.00000190. The number of carbonyl (C=O) groups is 1. The van der Waals surface area contributed by atoms with Gasteiger partial charge < -0.3 is 25.3 Å². The molecular weight excluding hydrogens is 528 g/mol. The van der Waals surface area contributed by atoms with Gasteiger partial charge in [0, 0.05) is 54.6 Å². The molecule has 2 fully saturated rings. The summed E-state index contributed by atoms with van der Waals surface area (Å²) in [6.07, 6.45) is -0.891. The standard InChI is InChI=1S/C26H29F3N4O2.2ClH/c27-26(28,29)18-2-4-20(5-3-18)33-13-9-21(10-14-33)35-22-6-1-17-15-24(32-23(17)16-22)25(34)31-19-7-11-30-12-8-19;;/h1-6,15-16,19,21,30,32H,7-14H2,(H,31,34);2*1H. The Hall–Kier alpha value is -2.62. The minimum atomic E-state index is -4.32. The Morgan fingerprint density at radius 1 is 0.946 bits per heavy atom. The summed E-state index contributed by atoms with van der Waals surface area (Å²) in [4.78, 5) is 17.9. The molecule has 3 N–H and O–H groups in total. The van der Waals surface area contributed by atoms with E-state index in [1.165, 1.54) is 12.1 Å². The molecule has 6 nitrogen and oxygen atoms in total. The quantitative estimate of drug-likeness (QED) is 0.383. The van der Waals surface area contributed by atoms with Crippen molar-refractivity contribution in [2.75, 3.05) is 31.1 Å². The number of benzene rings is 2. The molecule has 2 aliphatic heterocycles. The Morgan fingerprint density at radius 3 is 2.27 bits per heavy atom. The summed E-state index contributed by atoms with van der Waals surface area (Å²) in [5, 5.41) is 7.35. The van der Waals surface area contributed by atoms with Crippen molar-refractivity contribution in [3.05, 3.63) is 59.8 Å². The fraction of sp³-hybridized carbons (Fsp3) is 0.423. The van der Waals surface area contributed by atoms with E-state index in [9.17, 15) is 18.0 Å². The van der Waals surface area contributed by atoms with Crippen molar-refractivity contribution in [2.24, 2.45) is 0 Å². The lowest BCUT2D eigenvalue weighted by atomic mass is 10.1. The second-order valence-electron chi connectivity index (χ2n) is 9.28. The van der Waals surface area contributed by atoms with E-state index < -0.39 is 11.7 Å². The number of hydrogen-bond donors (Lipinski definition) is 3. The number of piperidine rings is 2. The van der Waals surface area contributed by atoms with Gasteiger partial charge in [0.15, 0.2) is 0 Å². The average Bonchev–Trinajstić information content (AvgIpc) is 3.29. The van der Waals surface area contributed by atoms with Gasteiger partial charge in [-0.25, -0.2) is 0 Å². The van der Waals surface area contributed by atoms with Crippen molar-refractivity contribution in [3.8, 4) is 5.75 Å². The lowest BCUT2D eigenvalue weighted by Crippen LogP contribution is -2.42. The first kappa shape index (κ1) is 28.9. The number of nitrogens with one attached hydrogen (secondary N) is 3. The van der Waals surface area contributed by atoms with Crippen LogP contribution in [0.2, 0.25) is 0 Å². The van der Waals surface area contributed by atoms with Gasteiger partial charge in [-0.2, -0.15) is 13.2 Å². The van der Waals surface area contributed by atoms with Gasteiger partial charge in [-0.3, -0.25) is 4.79 Å². The molecule has 3 heterocycles. The third-order valence-electron chi connectivity index (χ3n) is 6.82. The zero-order valence-corrected chi connectivity index (χ0v) is 21.8. The molecular formula is C26H31Cl2F3N4O2. The van der Waals surface area contributed by atoms with Gasteiger partial charge in [-0.05, 0) is 68.4 Å². The zero-order chi connectivity index (χ0) is 24.4. The molecule has 2 aliphatic rings. The number of amides is 1. The number of ether oxygens (including phenoxy) is 1. The van der Waals surface area contributed by atoms with Crippen LogP contribution in [0.15, 0.2) is 48.5 Å². The van der Waals surface area contributed by atoms with Crippen molar-refractivity contribution in [3.63, 3.8) is 0 Å². The number of rotatable bonds is 5. The van der Waals surface area contributed by atoms with Gasteiger partial charge in [-0.15, -0.1) is 24.8 Å². The fourth-order valence-corrected chi connectivity index (χ4v) is 4.82. The highest BCUT2D eigenvalue weighted by molar-refractivity contribution is 5.98. The van der Waals surface area contributed by atoms with Crippen LogP contribution in [-0.4, -0.2) is 49.2 Å². The molecule has 11 heteroatoms. The van der Waals surface area contributed by atoms with Crippen molar-refractivity contribution in [2.45, 2.75) is 44.0 Å². The molecule has 0 saturated carbocycles. The summed E-state index contributed by atoms with van der Waals surface area (Å²) in [5.74, 6) is 0.642. The molecule has 0 atom stereocenters. The molecule has 0 aliphatic carbocycles. The molecule has 2 aromatic carbocycles. The van der Waals surface area contributed by atoms with Crippen molar-refractivity contribution in [1.29, 1.82) is 0 Å². The first-order chi connectivity index (χ1) is 16.8. The SMILES string of the molecule is Cl.Cl.O=C(NC1CCNCC1)c1cc2ccc(OC3CCN(c4ccc(C(F)(F)F)cc4)CC3)cc2[nH]1. The number of aromatic amines is 1. The molecule has 3 aromatic rings. The van der Waals surface area contributed by atoms with E-state index in [0.29, 0.717) is 18.8 Å². The van der Waals surface area contributed by atoms with E-state index >= 15 is 0 Å². The van der Waals surface area contributed by atoms with Crippen LogP contribution in [0.5, 0.6) is 5.75 Å². The Bertz CT molecular complexity index is 1170. The maximum atomic E-state index is 12.8. The molecule has 202 valence electrons. The zero-order valence-electron chi connectivity index (χ0n) is 20.1. The molecule has 5 rings (SSSR count). The minimum absolute atomic E-state index is 0. The summed E-state index contributed by atoms with van der Waals surface area (Å²) < 4.78 is 44.6. The highest BCUT2D eigenvalue weighted by Crippen LogP contribution is 2.31. The van der Waals surface area contributed by atoms with Gasteiger partial charge in [0.2, 0.25) is 0 Å². The number of halogens is 5. The maximum absolute atomic E-state index is 12.8. The number of alkyl halides is 3. The number of anilines is 1. The largest absolute Gasteiger partial charge is 0.490 e. The highest BCUT2D eigenvalue weighted by Gasteiger charge is 2.30. The number of aromatic nitrogens is 1. The molecule has 0 radical (unpaired) electrons. The predicted octanol–water partition coefficient (Wildman–Crippen LogP) is 5.56. The second-order valence-corrected chi connectivity index (χ2v) is 9.28. The van der Waals surface area contributed by atoms with E-state index in [0.717, 1.165) is 73.2 Å². The molecule has 0 spiro atoms. The maximum Gasteiger partial charge on any atom is 0.416 e. The van der Waals surface area contributed by atoms with Crippen LogP contribution in [0.3, 0.4) is 0 Å². The lowest BCUT2D eigenvalue weighted by Gasteiger charge is -2.33. The summed E-state index contributed by atoms with van der Waals surface area (Å²) in [5.41, 5.74) is 1.55. The van der Waals surface area contributed by atoms with Gasteiger partial charge >= 0.3 is 6.18 Å². The van der Waals surface area contributed by atoms with Crippen LogP contribution in [0, 0.1) is 0 Å². The lowest BCUT2D eigenvalue weighted by molar-refractivity contribution is -0.137. The smallest absolute Gasteiger partial charge is 0.416 e. The summed E-state index contributed by atoms with van der Waals surface area (Å²) in [6, 6.07) is 13.1. The fourth-order valence-electron chi connectivity index (χ4n) is 4.82. The number of H-pyrrole nitrogens is 1. The summed E-state index contributed by atoms with van der Waals surface area (Å²) in [6.45, 7) is 3.26. The van der Waals surface area contributed by atoms with Crippen LogP contribution in [0.25, 0.3) is 10.9 Å². The third kappa shape index (κ3) is 7.03. The monoisotopic (exact) mass is 558 g/mol. The van der Waals surface area contributed by atoms with Crippen LogP contribution >= 0.6 is 24.8 Å². The summed E-state index contributed by atoms with van der Waals surface area (Å²) in [7, 11) is 0. The van der Waals surface area contributed by atoms with E-state index in [2.05, 4.69) is 20.5 Å². The molecule has 2 saturated heterocycles. The van der Waals surface area contributed by atoms with Crippen LogP contribution in [-0.2, 0) is 6.18 Å². The topological polar surface area (TPSA) is 69.4 Å². The van der Waals surface area contributed by atoms with Crippen LogP contribution in [0.4, 0.5) is 18.9 Å². The Kier molecular flexibility index (Phi) is 9.61. The van der Waals surface area contributed by atoms with E-state index in [1.807, 2.05) is 24.3 Å². The van der Waals surface area contributed by atoms with Gasteiger partial charge in [-0.1, -0.05) is 0 Å². The van der Waals surface area contributed by atoms with Gasteiger partial charge in [0.1, 0.15) is 17.5 Å². The number of carbonyl (C=O) groups excluding carboxylic acids is 1. The van der Waals surface area contributed by atoms with Crippen molar-refractivity contribution in [1.82, 2.24) is 15.6 Å². The van der Waals surface area contributed by atoms with Gasteiger partial charge in [0.05, 0.1) is 5.56 Å². The molecule has 1 aromatic heterocycles. The van der Waals surface area contributed by atoms with E-state index in [-0.39, 0.29) is 42.9 Å². The Morgan fingerprint density at radius 2 is 1.62 bits per heavy atom. The van der Waals surface area contributed by atoms with Crippen LogP contribution < -0.4 is 20.3 Å². The highest BCUT2D eigenvalue weighted by atomic mass is 35.5. The molecule has 0 unspecified atom stereocenters. The number of fused-ring (bicyclic) bond motifs is 1. The molecule has 37 heavy (non-hydrogen) atoms. The Labute approximate surface area is 226 Å². The predicted molar refractivity (Wildman–Crippen MR) is 143 cm³/mol. The molecule has 1 amide bonds. The van der Waals surface area contributed by atoms with Crippen molar-refractivity contribution < 1.29 is 22.7 Å². The second kappa shape index (κ2) is 12.3. The first-order valence-electron chi connectivity index (χ1n) is 12.1. The van der Waals surface area contributed by atoms with Crippen molar-refractivity contribution >= 4 is 47.3 Å². The normalized spacial score (nSPS) is 17.1. The van der Waals surface area contributed by atoms with E-state index in [1.54, 1.807) is 0 Å². The molecule has 0 bridgehead atoms. The number of nitrogens with zero attached hydrogens (tertiary/aromatic N) is 1. The third-order valence-corrected chi connectivity index (χ3v) is 6.82.